The standard InChI is InChI=1S/C13H13FN2/c1-9-4-5-11(14)7-12(9)13(15)10-3-2-6-16-8-10/h2-8,13H,15H2,1H3. The van der Waals surface area contributed by atoms with Crippen LogP contribution in [-0.4, -0.2) is 4.98 Å². The van der Waals surface area contributed by atoms with Crippen LogP contribution in [-0.2, 0) is 0 Å². The Morgan fingerprint density at radius 3 is 2.81 bits per heavy atom. The first-order chi connectivity index (χ1) is 7.68. The molecule has 0 aliphatic rings. The molecule has 0 aliphatic carbocycles. The zero-order valence-electron chi connectivity index (χ0n) is 9.02. The molecule has 0 spiro atoms. The molecule has 1 heterocycles. The summed E-state index contributed by atoms with van der Waals surface area (Å²) < 4.78 is 13.2. The number of aromatic nitrogens is 1. The molecule has 0 fully saturated rings. The Bertz CT molecular complexity index is 483. The van der Waals surface area contributed by atoms with E-state index in [1.165, 1.54) is 12.1 Å². The summed E-state index contributed by atoms with van der Waals surface area (Å²) in [7, 11) is 0. The van der Waals surface area contributed by atoms with Crippen LogP contribution in [0.2, 0.25) is 0 Å². The average molecular weight is 216 g/mol. The minimum absolute atomic E-state index is 0.264. The fourth-order valence-corrected chi connectivity index (χ4v) is 1.69. The number of hydrogen-bond donors (Lipinski definition) is 1. The second-order valence-corrected chi connectivity index (χ2v) is 3.76. The summed E-state index contributed by atoms with van der Waals surface area (Å²) in [5.41, 5.74) is 8.75. The Morgan fingerprint density at radius 2 is 2.12 bits per heavy atom. The van der Waals surface area contributed by atoms with Crippen LogP contribution in [0.25, 0.3) is 0 Å². The van der Waals surface area contributed by atoms with Crippen molar-refractivity contribution in [2.75, 3.05) is 0 Å². The zero-order chi connectivity index (χ0) is 11.5. The highest BCUT2D eigenvalue weighted by atomic mass is 19.1. The van der Waals surface area contributed by atoms with E-state index in [0.717, 1.165) is 16.7 Å². The van der Waals surface area contributed by atoms with Crippen LogP contribution in [0, 0.1) is 12.7 Å². The molecule has 0 bridgehead atoms. The van der Waals surface area contributed by atoms with Crippen LogP contribution in [0.1, 0.15) is 22.7 Å². The summed E-state index contributed by atoms with van der Waals surface area (Å²) in [5, 5.41) is 0. The van der Waals surface area contributed by atoms with Crippen molar-refractivity contribution in [3.63, 3.8) is 0 Å². The van der Waals surface area contributed by atoms with Gasteiger partial charge in [-0.1, -0.05) is 12.1 Å². The molecule has 1 atom stereocenters. The maximum atomic E-state index is 13.2. The smallest absolute Gasteiger partial charge is 0.123 e. The van der Waals surface area contributed by atoms with Crippen LogP contribution in [0.3, 0.4) is 0 Å². The van der Waals surface area contributed by atoms with Gasteiger partial charge in [-0.3, -0.25) is 4.98 Å². The quantitative estimate of drug-likeness (QED) is 0.838. The van der Waals surface area contributed by atoms with Gasteiger partial charge in [-0.25, -0.2) is 4.39 Å². The summed E-state index contributed by atoms with van der Waals surface area (Å²) in [6.45, 7) is 1.92. The van der Waals surface area contributed by atoms with Gasteiger partial charge in [0.1, 0.15) is 5.82 Å². The number of pyridine rings is 1. The van der Waals surface area contributed by atoms with Gasteiger partial charge in [-0.15, -0.1) is 0 Å². The number of hydrogen-bond acceptors (Lipinski definition) is 2. The molecule has 16 heavy (non-hydrogen) atoms. The van der Waals surface area contributed by atoms with E-state index in [1.54, 1.807) is 18.5 Å². The normalized spacial score (nSPS) is 12.4. The predicted molar refractivity (Wildman–Crippen MR) is 61.4 cm³/mol. The van der Waals surface area contributed by atoms with Gasteiger partial charge in [-0.05, 0) is 41.8 Å². The third-order valence-electron chi connectivity index (χ3n) is 2.62. The third-order valence-corrected chi connectivity index (χ3v) is 2.62. The molecule has 82 valence electrons. The van der Waals surface area contributed by atoms with Crippen LogP contribution in [0.5, 0.6) is 0 Å². The molecular weight excluding hydrogens is 203 g/mol. The van der Waals surface area contributed by atoms with E-state index in [0.29, 0.717) is 0 Å². The van der Waals surface area contributed by atoms with Crippen molar-refractivity contribution >= 4 is 0 Å². The van der Waals surface area contributed by atoms with Gasteiger partial charge < -0.3 is 5.73 Å². The van der Waals surface area contributed by atoms with Crippen LogP contribution in [0.4, 0.5) is 4.39 Å². The van der Waals surface area contributed by atoms with Crippen molar-refractivity contribution in [2.24, 2.45) is 5.73 Å². The summed E-state index contributed by atoms with van der Waals surface area (Å²) in [5.74, 6) is -0.264. The Hall–Kier alpha value is -1.74. The highest BCUT2D eigenvalue weighted by Gasteiger charge is 2.12. The summed E-state index contributed by atoms with van der Waals surface area (Å²) >= 11 is 0. The molecule has 0 radical (unpaired) electrons. The van der Waals surface area contributed by atoms with Crippen LogP contribution < -0.4 is 5.73 Å². The van der Waals surface area contributed by atoms with Crippen molar-refractivity contribution in [3.8, 4) is 0 Å². The van der Waals surface area contributed by atoms with Gasteiger partial charge in [0, 0.05) is 12.4 Å². The number of nitrogens with zero attached hydrogens (tertiary/aromatic N) is 1. The van der Waals surface area contributed by atoms with Gasteiger partial charge >= 0.3 is 0 Å². The molecule has 0 aliphatic heterocycles. The molecule has 2 N–H and O–H groups in total. The number of halogens is 1. The van der Waals surface area contributed by atoms with Gasteiger partial charge in [0.2, 0.25) is 0 Å². The maximum Gasteiger partial charge on any atom is 0.123 e. The largest absolute Gasteiger partial charge is 0.320 e. The lowest BCUT2D eigenvalue weighted by molar-refractivity contribution is 0.622. The lowest BCUT2D eigenvalue weighted by atomic mass is 9.97. The molecule has 2 nitrogen and oxygen atoms in total. The molecule has 1 unspecified atom stereocenters. The van der Waals surface area contributed by atoms with E-state index in [-0.39, 0.29) is 11.9 Å². The monoisotopic (exact) mass is 216 g/mol. The van der Waals surface area contributed by atoms with Gasteiger partial charge in [-0.2, -0.15) is 0 Å². The van der Waals surface area contributed by atoms with E-state index in [4.69, 9.17) is 5.73 Å². The molecule has 0 saturated heterocycles. The van der Waals surface area contributed by atoms with E-state index in [1.807, 2.05) is 19.1 Å². The Balaban J connectivity index is 2.41. The molecule has 1 aromatic heterocycles. The number of aryl methyl sites for hydroxylation is 1. The van der Waals surface area contributed by atoms with E-state index in [9.17, 15) is 4.39 Å². The van der Waals surface area contributed by atoms with Crippen LogP contribution in [0.15, 0.2) is 42.7 Å². The number of benzene rings is 1. The van der Waals surface area contributed by atoms with Crippen molar-refractivity contribution in [2.45, 2.75) is 13.0 Å². The van der Waals surface area contributed by atoms with Gasteiger partial charge in [0.05, 0.1) is 6.04 Å². The van der Waals surface area contributed by atoms with Crippen molar-refractivity contribution in [1.82, 2.24) is 4.98 Å². The van der Waals surface area contributed by atoms with Crippen molar-refractivity contribution in [3.05, 3.63) is 65.2 Å². The van der Waals surface area contributed by atoms with Crippen LogP contribution >= 0.6 is 0 Å². The zero-order valence-corrected chi connectivity index (χ0v) is 9.02. The second-order valence-electron chi connectivity index (χ2n) is 3.76. The lowest BCUT2D eigenvalue weighted by Crippen LogP contribution is -2.13. The number of rotatable bonds is 2. The molecule has 1 aromatic carbocycles. The van der Waals surface area contributed by atoms with E-state index < -0.39 is 0 Å². The molecule has 0 amide bonds. The molecule has 2 aromatic rings. The predicted octanol–water partition coefficient (Wildman–Crippen LogP) is 2.58. The molecule has 0 saturated carbocycles. The third kappa shape index (κ3) is 2.09. The Labute approximate surface area is 93.9 Å². The fraction of sp³-hybridized carbons (Fsp3) is 0.154. The molecule has 3 heteroatoms. The highest BCUT2D eigenvalue weighted by Crippen LogP contribution is 2.22. The summed E-state index contributed by atoms with van der Waals surface area (Å²) in [6.07, 6.45) is 3.39. The van der Waals surface area contributed by atoms with E-state index in [2.05, 4.69) is 4.98 Å². The summed E-state index contributed by atoms with van der Waals surface area (Å²) in [4.78, 5) is 4.01. The average Bonchev–Trinajstić information content (AvgIpc) is 2.32. The lowest BCUT2D eigenvalue weighted by Gasteiger charge is -2.14. The minimum atomic E-state index is -0.329. The topological polar surface area (TPSA) is 38.9 Å². The SMILES string of the molecule is Cc1ccc(F)cc1C(N)c1cccnc1. The Morgan fingerprint density at radius 1 is 1.31 bits per heavy atom. The van der Waals surface area contributed by atoms with Crippen molar-refractivity contribution < 1.29 is 4.39 Å². The maximum absolute atomic E-state index is 13.2. The number of nitrogens with two attached hydrogens (primary N) is 1. The first-order valence-electron chi connectivity index (χ1n) is 5.10. The second kappa shape index (κ2) is 4.41. The molecule has 2 rings (SSSR count). The van der Waals surface area contributed by atoms with Gasteiger partial charge in [0.25, 0.3) is 0 Å². The molecular formula is C13H13FN2. The van der Waals surface area contributed by atoms with Crippen molar-refractivity contribution in [1.29, 1.82) is 0 Å². The van der Waals surface area contributed by atoms with Gasteiger partial charge in [0.15, 0.2) is 0 Å². The van der Waals surface area contributed by atoms with E-state index >= 15 is 0 Å². The highest BCUT2D eigenvalue weighted by molar-refractivity contribution is 5.35. The fourth-order valence-electron chi connectivity index (χ4n) is 1.69. The summed E-state index contributed by atoms with van der Waals surface area (Å²) in [6, 6.07) is 8.04. The Kier molecular flexibility index (Phi) is 2.97. The first kappa shape index (κ1) is 10.8. The first-order valence-corrected chi connectivity index (χ1v) is 5.10. The minimum Gasteiger partial charge on any atom is -0.320 e.